The van der Waals surface area contributed by atoms with Gasteiger partial charge in [0.1, 0.15) is 6.29 Å². The van der Waals surface area contributed by atoms with Crippen LogP contribution >= 0.6 is 11.8 Å². The highest BCUT2D eigenvalue weighted by atomic mass is 32.2. The van der Waals surface area contributed by atoms with E-state index in [1.165, 1.54) is 29.1 Å². The van der Waals surface area contributed by atoms with Gasteiger partial charge in [-0.25, -0.2) is 0 Å². The van der Waals surface area contributed by atoms with Crippen LogP contribution in [-0.2, 0) is 6.42 Å². The van der Waals surface area contributed by atoms with Gasteiger partial charge in [0, 0.05) is 10.5 Å². The fourth-order valence-corrected chi connectivity index (χ4v) is 2.51. The van der Waals surface area contributed by atoms with Crippen molar-refractivity contribution in [3.63, 3.8) is 0 Å². The Bertz CT molecular complexity index is 307. The average molecular weight is 178 g/mol. The Balaban J connectivity index is 2.42. The molecule has 0 radical (unpaired) electrons. The summed E-state index contributed by atoms with van der Waals surface area (Å²) in [5, 5.41) is 0. The van der Waals surface area contributed by atoms with Gasteiger partial charge in [-0.05, 0) is 30.2 Å². The first kappa shape index (κ1) is 7.87. The molecule has 0 atom stereocenters. The maximum absolute atomic E-state index is 10.5. The van der Waals surface area contributed by atoms with Crippen molar-refractivity contribution < 1.29 is 4.79 Å². The molecule has 62 valence electrons. The van der Waals surface area contributed by atoms with Gasteiger partial charge in [0.25, 0.3) is 0 Å². The van der Waals surface area contributed by atoms with Gasteiger partial charge in [0.05, 0.1) is 0 Å². The topological polar surface area (TPSA) is 17.1 Å². The summed E-state index contributed by atoms with van der Waals surface area (Å²) in [5.74, 6) is 1.19. The normalized spacial score (nSPS) is 15.3. The van der Waals surface area contributed by atoms with Gasteiger partial charge in [-0.15, -0.1) is 11.8 Å². The number of aryl methyl sites for hydroxylation is 1. The molecule has 0 saturated carbocycles. The van der Waals surface area contributed by atoms with E-state index in [1.807, 2.05) is 23.9 Å². The van der Waals surface area contributed by atoms with Crippen LogP contribution in [0.1, 0.15) is 22.3 Å². The smallest absolute Gasteiger partial charge is 0.150 e. The van der Waals surface area contributed by atoms with E-state index in [0.29, 0.717) is 0 Å². The maximum Gasteiger partial charge on any atom is 0.150 e. The van der Waals surface area contributed by atoms with E-state index in [-0.39, 0.29) is 0 Å². The van der Waals surface area contributed by atoms with E-state index in [0.717, 1.165) is 11.8 Å². The Morgan fingerprint density at radius 1 is 1.42 bits per heavy atom. The first-order chi connectivity index (χ1) is 5.90. The van der Waals surface area contributed by atoms with E-state index in [2.05, 4.69) is 6.07 Å². The van der Waals surface area contributed by atoms with E-state index >= 15 is 0 Å². The highest BCUT2D eigenvalue weighted by molar-refractivity contribution is 7.99. The molecule has 0 amide bonds. The van der Waals surface area contributed by atoms with Crippen molar-refractivity contribution in [2.75, 3.05) is 5.75 Å². The first-order valence-corrected chi connectivity index (χ1v) is 5.09. The van der Waals surface area contributed by atoms with Crippen LogP contribution < -0.4 is 0 Å². The van der Waals surface area contributed by atoms with Crippen LogP contribution in [0.25, 0.3) is 0 Å². The van der Waals surface area contributed by atoms with Crippen molar-refractivity contribution in [3.8, 4) is 0 Å². The van der Waals surface area contributed by atoms with Crippen molar-refractivity contribution in [3.05, 3.63) is 29.3 Å². The molecule has 2 rings (SSSR count). The zero-order valence-corrected chi connectivity index (χ0v) is 7.56. The lowest BCUT2D eigenvalue weighted by Gasteiger charge is -2.14. The molecule has 0 bridgehead atoms. The molecular formula is C10H10OS. The minimum Gasteiger partial charge on any atom is -0.298 e. The van der Waals surface area contributed by atoms with Crippen molar-refractivity contribution in [2.24, 2.45) is 0 Å². The third-order valence-corrected chi connectivity index (χ3v) is 3.26. The first-order valence-electron chi connectivity index (χ1n) is 4.11. The fraction of sp³-hybridized carbons (Fsp3) is 0.300. The zero-order valence-electron chi connectivity index (χ0n) is 6.75. The standard InChI is InChI=1S/C10H10OS/c11-7-8-3-4-9-2-1-5-12-10(9)6-8/h3-4,6-7H,1-2,5H2. The lowest BCUT2D eigenvalue weighted by Crippen LogP contribution is -1.98. The van der Waals surface area contributed by atoms with Gasteiger partial charge in [-0.2, -0.15) is 0 Å². The maximum atomic E-state index is 10.5. The summed E-state index contributed by atoms with van der Waals surface area (Å²) in [6.45, 7) is 0. The van der Waals surface area contributed by atoms with Crippen LogP contribution in [0, 0.1) is 0 Å². The Morgan fingerprint density at radius 3 is 3.17 bits per heavy atom. The van der Waals surface area contributed by atoms with Crippen LogP contribution in [0.4, 0.5) is 0 Å². The number of aldehydes is 1. The molecule has 0 spiro atoms. The summed E-state index contributed by atoms with van der Waals surface area (Å²) in [7, 11) is 0. The van der Waals surface area contributed by atoms with Crippen molar-refractivity contribution >= 4 is 18.0 Å². The van der Waals surface area contributed by atoms with Crippen LogP contribution in [-0.4, -0.2) is 12.0 Å². The van der Waals surface area contributed by atoms with Gasteiger partial charge in [-0.1, -0.05) is 12.1 Å². The molecule has 0 saturated heterocycles. The number of thioether (sulfide) groups is 1. The van der Waals surface area contributed by atoms with Crippen LogP contribution in [0.3, 0.4) is 0 Å². The second-order valence-electron chi connectivity index (χ2n) is 2.94. The molecule has 0 aliphatic carbocycles. The second kappa shape index (κ2) is 3.31. The van der Waals surface area contributed by atoms with Gasteiger partial charge in [0.15, 0.2) is 0 Å². The van der Waals surface area contributed by atoms with Crippen molar-refractivity contribution in [1.29, 1.82) is 0 Å². The molecule has 1 nitrogen and oxygen atoms in total. The van der Waals surface area contributed by atoms with Gasteiger partial charge in [-0.3, -0.25) is 4.79 Å². The van der Waals surface area contributed by atoms with Gasteiger partial charge in [0.2, 0.25) is 0 Å². The van der Waals surface area contributed by atoms with Gasteiger partial charge < -0.3 is 0 Å². The molecule has 0 fully saturated rings. The Kier molecular flexibility index (Phi) is 2.17. The minimum atomic E-state index is 0.795. The molecule has 0 N–H and O–H groups in total. The quantitative estimate of drug-likeness (QED) is 0.615. The highest BCUT2D eigenvalue weighted by Gasteiger charge is 2.09. The molecule has 1 aliphatic heterocycles. The number of carbonyl (C=O) groups excluding carboxylic acids is 1. The third-order valence-electron chi connectivity index (χ3n) is 2.08. The summed E-state index contributed by atoms with van der Waals surface area (Å²) >= 11 is 1.86. The molecule has 0 aromatic heterocycles. The summed E-state index contributed by atoms with van der Waals surface area (Å²) in [6, 6.07) is 5.97. The minimum absolute atomic E-state index is 0.795. The largest absolute Gasteiger partial charge is 0.298 e. The summed E-state index contributed by atoms with van der Waals surface area (Å²) < 4.78 is 0. The summed E-state index contributed by atoms with van der Waals surface area (Å²) in [5.41, 5.74) is 2.19. The molecule has 1 heterocycles. The Morgan fingerprint density at radius 2 is 2.33 bits per heavy atom. The molecule has 1 aliphatic rings. The average Bonchev–Trinajstić information content (AvgIpc) is 2.17. The molecular weight excluding hydrogens is 168 g/mol. The van der Waals surface area contributed by atoms with Crippen LogP contribution in [0.2, 0.25) is 0 Å². The monoisotopic (exact) mass is 178 g/mol. The predicted molar refractivity (Wildman–Crippen MR) is 50.9 cm³/mol. The zero-order chi connectivity index (χ0) is 8.39. The van der Waals surface area contributed by atoms with Crippen molar-refractivity contribution in [2.45, 2.75) is 17.7 Å². The molecule has 12 heavy (non-hydrogen) atoms. The number of benzene rings is 1. The molecule has 1 aromatic carbocycles. The van der Waals surface area contributed by atoms with E-state index in [9.17, 15) is 4.79 Å². The van der Waals surface area contributed by atoms with Crippen molar-refractivity contribution in [1.82, 2.24) is 0 Å². The Labute approximate surface area is 76.2 Å². The summed E-state index contributed by atoms with van der Waals surface area (Å²) in [4.78, 5) is 11.8. The number of hydrogen-bond acceptors (Lipinski definition) is 2. The SMILES string of the molecule is O=Cc1ccc2c(c1)SCCC2. The molecule has 2 heteroatoms. The molecule has 0 unspecified atom stereocenters. The fourth-order valence-electron chi connectivity index (χ4n) is 1.43. The number of hydrogen-bond donors (Lipinski definition) is 0. The Hall–Kier alpha value is -0.760. The number of fused-ring (bicyclic) bond motifs is 1. The van der Waals surface area contributed by atoms with E-state index in [1.54, 1.807) is 0 Å². The number of rotatable bonds is 1. The number of carbonyl (C=O) groups is 1. The third kappa shape index (κ3) is 1.39. The molecule has 1 aromatic rings. The predicted octanol–water partition coefficient (Wildman–Crippen LogP) is 2.54. The second-order valence-corrected chi connectivity index (χ2v) is 4.07. The van der Waals surface area contributed by atoms with E-state index in [4.69, 9.17) is 0 Å². The van der Waals surface area contributed by atoms with Crippen LogP contribution in [0.15, 0.2) is 23.1 Å². The van der Waals surface area contributed by atoms with Crippen LogP contribution in [0.5, 0.6) is 0 Å². The van der Waals surface area contributed by atoms with Gasteiger partial charge >= 0.3 is 0 Å². The summed E-state index contributed by atoms with van der Waals surface area (Å²) in [6.07, 6.45) is 3.34. The lowest BCUT2D eigenvalue weighted by atomic mass is 10.1. The van der Waals surface area contributed by atoms with E-state index < -0.39 is 0 Å². The lowest BCUT2D eigenvalue weighted by molar-refractivity contribution is 0.112. The highest BCUT2D eigenvalue weighted by Crippen LogP contribution is 2.30.